The summed E-state index contributed by atoms with van der Waals surface area (Å²) in [7, 11) is 0. The van der Waals surface area contributed by atoms with Gasteiger partial charge in [0, 0.05) is 6.04 Å². The topological polar surface area (TPSA) is 29.1 Å². The van der Waals surface area contributed by atoms with E-state index < -0.39 is 12.1 Å². The Bertz CT molecular complexity index is 207. The molecular weight excluding hydrogens is 195 g/mol. The highest BCUT2D eigenvalue weighted by Crippen LogP contribution is 2.24. The van der Waals surface area contributed by atoms with Gasteiger partial charge in [0.15, 0.2) is 0 Å². The molecule has 1 fully saturated rings. The first-order valence-corrected chi connectivity index (χ1v) is 4.77. The Kier molecular flexibility index (Phi) is 3.39. The third-order valence-electron chi connectivity index (χ3n) is 2.61. The molecule has 0 aliphatic heterocycles. The summed E-state index contributed by atoms with van der Waals surface area (Å²) >= 11 is 0. The van der Waals surface area contributed by atoms with Crippen LogP contribution in [-0.2, 0) is 4.79 Å². The van der Waals surface area contributed by atoms with Crippen molar-refractivity contribution in [1.82, 2.24) is 5.32 Å². The lowest BCUT2D eigenvalue weighted by Crippen LogP contribution is -2.44. The van der Waals surface area contributed by atoms with Gasteiger partial charge in [-0.05, 0) is 31.6 Å². The standard InChI is InChI=1S/C9H14F3NO/c1-6-2-4-7(5-3-6)13-8(14)9(10,11)12/h6-7H,2-5H2,1H3,(H,13,14). The number of carbonyl (C=O) groups is 1. The number of rotatable bonds is 1. The minimum absolute atomic E-state index is 0.291. The molecular formula is C9H14F3NO. The molecule has 0 aromatic carbocycles. The van der Waals surface area contributed by atoms with Crippen molar-refractivity contribution in [2.24, 2.45) is 5.92 Å². The molecule has 0 aromatic rings. The number of halogens is 3. The molecule has 0 heterocycles. The normalized spacial score (nSPS) is 28.6. The predicted molar refractivity (Wildman–Crippen MR) is 45.6 cm³/mol. The molecule has 0 atom stereocenters. The Morgan fingerprint density at radius 2 is 1.71 bits per heavy atom. The zero-order valence-corrected chi connectivity index (χ0v) is 8.03. The maximum atomic E-state index is 11.9. The van der Waals surface area contributed by atoms with E-state index in [1.165, 1.54) is 0 Å². The van der Waals surface area contributed by atoms with Gasteiger partial charge in [-0.25, -0.2) is 0 Å². The summed E-state index contributed by atoms with van der Waals surface area (Å²) in [5.41, 5.74) is 0. The second-order valence-corrected chi connectivity index (χ2v) is 3.93. The lowest BCUT2D eigenvalue weighted by atomic mass is 9.87. The largest absolute Gasteiger partial charge is 0.471 e. The van der Waals surface area contributed by atoms with Gasteiger partial charge < -0.3 is 5.32 Å². The fourth-order valence-corrected chi connectivity index (χ4v) is 1.67. The fourth-order valence-electron chi connectivity index (χ4n) is 1.67. The van der Waals surface area contributed by atoms with E-state index in [-0.39, 0.29) is 6.04 Å². The van der Waals surface area contributed by atoms with Crippen LogP contribution in [0.2, 0.25) is 0 Å². The summed E-state index contributed by atoms with van der Waals surface area (Å²) in [5, 5.41) is 2.02. The molecule has 1 rings (SSSR count). The quantitative estimate of drug-likeness (QED) is 0.705. The number of carbonyl (C=O) groups excluding carboxylic acids is 1. The minimum atomic E-state index is -4.75. The van der Waals surface area contributed by atoms with E-state index in [0.29, 0.717) is 18.8 Å². The van der Waals surface area contributed by atoms with Crippen LogP contribution >= 0.6 is 0 Å². The third-order valence-corrected chi connectivity index (χ3v) is 2.61. The lowest BCUT2D eigenvalue weighted by Gasteiger charge is -2.27. The highest BCUT2D eigenvalue weighted by molar-refractivity contribution is 5.81. The zero-order chi connectivity index (χ0) is 10.8. The first kappa shape index (κ1) is 11.3. The Hall–Kier alpha value is -0.740. The zero-order valence-electron chi connectivity index (χ0n) is 8.03. The fraction of sp³-hybridized carbons (Fsp3) is 0.889. The second-order valence-electron chi connectivity index (χ2n) is 3.93. The van der Waals surface area contributed by atoms with E-state index in [9.17, 15) is 18.0 Å². The van der Waals surface area contributed by atoms with Crippen LogP contribution in [0.3, 0.4) is 0 Å². The first-order valence-electron chi connectivity index (χ1n) is 4.77. The average Bonchev–Trinajstić information content (AvgIpc) is 2.07. The van der Waals surface area contributed by atoms with E-state index in [1.54, 1.807) is 0 Å². The van der Waals surface area contributed by atoms with Crippen LogP contribution in [0.4, 0.5) is 13.2 Å². The van der Waals surface area contributed by atoms with E-state index in [2.05, 4.69) is 6.92 Å². The molecule has 0 bridgehead atoms. The van der Waals surface area contributed by atoms with Crippen molar-refractivity contribution < 1.29 is 18.0 Å². The van der Waals surface area contributed by atoms with Crippen LogP contribution in [-0.4, -0.2) is 18.1 Å². The van der Waals surface area contributed by atoms with Gasteiger partial charge in [0.1, 0.15) is 0 Å². The van der Waals surface area contributed by atoms with Gasteiger partial charge in [0.05, 0.1) is 0 Å². The minimum Gasteiger partial charge on any atom is -0.346 e. The van der Waals surface area contributed by atoms with Crippen molar-refractivity contribution in [2.75, 3.05) is 0 Å². The number of hydrogen-bond acceptors (Lipinski definition) is 1. The van der Waals surface area contributed by atoms with E-state index in [4.69, 9.17) is 0 Å². The molecule has 2 nitrogen and oxygen atoms in total. The molecule has 1 N–H and O–H groups in total. The highest BCUT2D eigenvalue weighted by Gasteiger charge is 2.39. The smallest absolute Gasteiger partial charge is 0.346 e. The van der Waals surface area contributed by atoms with Crippen LogP contribution in [0.15, 0.2) is 0 Å². The van der Waals surface area contributed by atoms with Gasteiger partial charge in [0.25, 0.3) is 0 Å². The Morgan fingerprint density at radius 3 is 2.14 bits per heavy atom. The maximum absolute atomic E-state index is 11.9. The van der Waals surface area contributed by atoms with Crippen LogP contribution < -0.4 is 5.32 Å². The van der Waals surface area contributed by atoms with Crippen molar-refractivity contribution in [3.63, 3.8) is 0 Å². The third kappa shape index (κ3) is 3.20. The summed E-state index contributed by atoms with van der Waals surface area (Å²) < 4.78 is 35.6. The molecule has 1 aliphatic rings. The Balaban J connectivity index is 2.35. The molecule has 82 valence electrons. The van der Waals surface area contributed by atoms with Crippen molar-refractivity contribution in [1.29, 1.82) is 0 Å². The van der Waals surface area contributed by atoms with Gasteiger partial charge in [-0.2, -0.15) is 13.2 Å². The van der Waals surface area contributed by atoms with Gasteiger partial charge in [-0.15, -0.1) is 0 Å². The molecule has 1 aliphatic carbocycles. The second kappa shape index (κ2) is 4.19. The summed E-state index contributed by atoms with van der Waals surface area (Å²) in [4.78, 5) is 10.6. The molecule has 5 heteroatoms. The number of alkyl halides is 3. The van der Waals surface area contributed by atoms with E-state index in [1.807, 2.05) is 5.32 Å². The molecule has 14 heavy (non-hydrogen) atoms. The van der Waals surface area contributed by atoms with Gasteiger partial charge in [-0.3, -0.25) is 4.79 Å². The molecule has 0 unspecified atom stereocenters. The SMILES string of the molecule is CC1CCC(NC(=O)C(F)(F)F)CC1. The van der Waals surface area contributed by atoms with Crippen molar-refractivity contribution in [3.05, 3.63) is 0 Å². The Labute approximate surface area is 80.9 Å². The molecule has 1 amide bonds. The summed E-state index contributed by atoms with van der Waals surface area (Å²) in [6.07, 6.45) is -1.65. The summed E-state index contributed by atoms with van der Waals surface area (Å²) in [6, 6.07) is -0.291. The summed E-state index contributed by atoms with van der Waals surface area (Å²) in [5.74, 6) is -1.24. The number of hydrogen-bond donors (Lipinski definition) is 1. The van der Waals surface area contributed by atoms with Crippen LogP contribution in [0.5, 0.6) is 0 Å². The monoisotopic (exact) mass is 209 g/mol. The summed E-state index contributed by atoms with van der Waals surface area (Å²) in [6.45, 7) is 2.07. The van der Waals surface area contributed by atoms with Gasteiger partial charge >= 0.3 is 12.1 Å². The predicted octanol–water partition coefficient (Wildman–Crippen LogP) is 2.24. The number of nitrogens with one attached hydrogen (secondary N) is 1. The van der Waals surface area contributed by atoms with Crippen molar-refractivity contribution >= 4 is 5.91 Å². The first-order chi connectivity index (χ1) is 6.39. The molecule has 0 saturated heterocycles. The van der Waals surface area contributed by atoms with Gasteiger partial charge in [0.2, 0.25) is 0 Å². The van der Waals surface area contributed by atoms with Crippen LogP contribution in [0, 0.1) is 5.92 Å². The molecule has 1 saturated carbocycles. The highest BCUT2D eigenvalue weighted by atomic mass is 19.4. The molecule has 0 aromatic heterocycles. The van der Waals surface area contributed by atoms with Gasteiger partial charge in [-0.1, -0.05) is 6.92 Å². The Morgan fingerprint density at radius 1 is 1.21 bits per heavy atom. The van der Waals surface area contributed by atoms with Crippen molar-refractivity contribution in [2.45, 2.75) is 44.8 Å². The van der Waals surface area contributed by atoms with Crippen molar-refractivity contribution in [3.8, 4) is 0 Å². The average molecular weight is 209 g/mol. The van der Waals surface area contributed by atoms with E-state index in [0.717, 1.165) is 12.8 Å². The number of amides is 1. The van der Waals surface area contributed by atoms with E-state index >= 15 is 0 Å². The van der Waals surface area contributed by atoms with Crippen LogP contribution in [0.1, 0.15) is 32.6 Å². The molecule has 0 spiro atoms. The maximum Gasteiger partial charge on any atom is 0.471 e. The van der Waals surface area contributed by atoms with Crippen LogP contribution in [0.25, 0.3) is 0 Å². The lowest BCUT2D eigenvalue weighted by molar-refractivity contribution is -0.174. The molecule has 0 radical (unpaired) electrons.